The van der Waals surface area contributed by atoms with Crippen LogP contribution in [-0.2, 0) is 0 Å². The van der Waals surface area contributed by atoms with Crippen LogP contribution in [0.25, 0.3) is 0 Å². The molecule has 0 bridgehead atoms. The van der Waals surface area contributed by atoms with Crippen LogP contribution in [0.3, 0.4) is 0 Å². The third kappa shape index (κ3) is 6.04. The summed E-state index contributed by atoms with van der Waals surface area (Å²) in [7, 11) is 1.57. The van der Waals surface area contributed by atoms with Gasteiger partial charge in [-0.25, -0.2) is 4.79 Å². The van der Waals surface area contributed by atoms with E-state index in [9.17, 15) is 9.90 Å². The minimum Gasteiger partial charge on any atom is -0.495 e. The van der Waals surface area contributed by atoms with Crippen LogP contribution in [-0.4, -0.2) is 30.9 Å². The van der Waals surface area contributed by atoms with Gasteiger partial charge in [0.25, 0.3) is 0 Å². The molecule has 1 unspecified atom stereocenters. The molecular weight excluding hydrogens is 268 g/mol. The van der Waals surface area contributed by atoms with Gasteiger partial charge >= 0.3 is 6.03 Å². The van der Waals surface area contributed by atoms with Crippen LogP contribution >= 0.6 is 0 Å². The lowest BCUT2D eigenvalue weighted by Crippen LogP contribution is -2.38. The number of hydrogen-bond donors (Lipinski definition) is 3. The maximum absolute atomic E-state index is 12.0. The van der Waals surface area contributed by atoms with E-state index < -0.39 is 0 Å². The van der Waals surface area contributed by atoms with E-state index in [-0.39, 0.29) is 17.6 Å². The number of rotatable bonds is 6. The number of ether oxygens (including phenoxy) is 1. The van der Waals surface area contributed by atoms with Gasteiger partial charge in [0, 0.05) is 6.54 Å². The van der Waals surface area contributed by atoms with E-state index in [4.69, 9.17) is 4.74 Å². The molecule has 0 saturated heterocycles. The standard InChI is InChI=1S/C16H26N2O3/c1-11-6-7-14(21-5)13(8-11)18-15(20)17-10-16(3,4)9-12(2)19/h6-8,12,19H,9-10H2,1-5H3,(H2,17,18,20). The third-order valence-electron chi connectivity index (χ3n) is 3.18. The number of benzene rings is 1. The molecule has 0 spiro atoms. The Morgan fingerprint density at radius 1 is 1.43 bits per heavy atom. The Kier molecular flexibility index (Phi) is 6.03. The fourth-order valence-corrected chi connectivity index (χ4v) is 2.28. The number of hydrogen-bond acceptors (Lipinski definition) is 3. The highest BCUT2D eigenvalue weighted by Crippen LogP contribution is 2.25. The minimum absolute atomic E-state index is 0.164. The average Bonchev–Trinajstić information content (AvgIpc) is 2.35. The smallest absolute Gasteiger partial charge is 0.319 e. The van der Waals surface area contributed by atoms with Crippen molar-refractivity contribution in [2.75, 3.05) is 19.0 Å². The first-order valence-corrected chi connectivity index (χ1v) is 7.11. The van der Waals surface area contributed by atoms with E-state index in [1.165, 1.54) is 0 Å². The number of aliphatic hydroxyl groups is 1. The maximum atomic E-state index is 12.0. The Balaban J connectivity index is 2.60. The predicted octanol–water partition coefficient (Wildman–Crippen LogP) is 2.92. The van der Waals surface area contributed by atoms with Gasteiger partial charge in [0.2, 0.25) is 0 Å². The first-order chi connectivity index (χ1) is 9.73. The van der Waals surface area contributed by atoms with Gasteiger partial charge in [0.1, 0.15) is 5.75 Å². The molecule has 3 N–H and O–H groups in total. The molecule has 0 saturated carbocycles. The van der Waals surface area contributed by atoms with Crippen LogP contribution in [0.4, 0.5) is 10.5 Å². The summed E-state index contributed by atoms with van der Waals surface area (Å²) in [5.74, 6) is 0.624. The number of anilines is 1. The molecule has 0 aliphatic heterocycles. The highest BCUT2D eigenvalue weighted by molar-refractivity contribution is 5.91. The first kappa shape index (κ1) is 17.3. The van der Waals surface area contributed by atoms with E-state index in [0.717, 1.165) is 5.56 Å². The number of methoxy groups -OCH3 is 1. The van der Waals surface area contributed by atoms with Gasteiger partial charge in [0.05, 0.1) is 18.9 Å². The maximum Gasteiger partial charge on any atom is 0.319 e. The van der Waals surface area contributed by atoms with Crippen LogP contribution in [0.2, 0.25) is 0 Å². The molecule has 118 valence electrons. The minimum atomic E-state index is -0.387. The Labute approximate surface area is 126 Å². The highest BCUT2D eigenvalue weighted by Gasteiger charge is 2.21. The number of aryl methyl sites for hydroxylation is 1. The van der Waals surface area contributed by atoms with E-state index >= 15 is 0 Å². The lowest BCUT2D eigenvalue weighted by atomic mass is 9.87. The molecule has 1 aromatic rings. The van der Waals surface area contributed by atoms with Crippen LogP contribution < -0.4 is 15.4 Å². The van der Waals surface area contributed by atoms with Gasteiger partial charge in [-0.1, -0.05) is 19.9 Å². The molecule has 5 nitrogen and oxygen atoms in total. The molecule has 2 amide bonds. The lowest BCUT2D eigenvalue weighted by Gasteiger charge is -2.26. The number of nitrogens with one attached hydrogen (secondary N) is 2. The quantitative estimate of drug-likeness (QED) is 0.755. The number of aliphatic hydroxyl groups excluding tert-OH is 1. The molecule has 1 rings (SSSR count). The average molecular weight is 294 g/mol. The van der Waals surface area contributed by atoms with Crippen molar-refractivity contribution >= 4 is 11.7 Å². The summed E-state index contributed by atoms with van der Waals surface area (Å²) in [4.78, 5) is 12.0. The topological polar surface area (TPSA) is 70.6 Å². The van der Waals surface area contributed by atoms with Crippen molar-refractivity contribution in [3.05, 3.63) is 23.8 Å². The highest BCUT2D eigenvalue weighted by atomic mass is 16.5. The molecule has 0 aliphatic carbocycles. The Hall–Kier alpha value is -1.75. The molecule has 5 heteroatoms. The molecule has 0 aliphatic rings. The fraction of sp³-hybridized carbons (Fsp3) is 0.562. The Morgan fingerprint density at radius 3 is 2.67 bits per heavy atom. The predicted molar refractivity (Wildman–Crippen MR) is 84.8 cm³/mol. The summed E-state index contributed by atoms with van der Waals surface area (Å²) in [6, 6.07) is 5.33. The molecule has 0 aromatic heterocycles. The molecule has 0 fully saturated rings. The number of carbonyl (C=O) groups excluding carboxylic acids is 1. The van der Waals surface area contributed by atoms with E-state index in [2.05, 4.69) is 10.6 Å². The molecule has 1 aromatic carbocycles. The SMILES string of the molecule is COc1ccc(C)cc1NC(=O)NCC(C)(C)CC(C)O. The molecule has 21 heavy (non-hydrogen) atoms. The second-order valence-electron chi connectivity index (χ2n) is 6.23. The summed E-state index contributed by atoms with van der Waals surface area (Å²) in [5, 5.41) is 15.1. The zero-order chi connectivity index (χ0) is 16.0. The van der Waals surface area contributed by atoms with Gasteiger partial charge in [-0.05, 0) is 43.4 Å². The largest absolute Gasteiger partial charge is 0.495 e. The van der Waals surface area contributed by atoms with E-state index in [1.807, 2.05) is 39.0 Å². The lowest BCUT2D eigenvalue weighted by molar-refractivity contribution is 0.129. The van der Waals surface area contributed by atoms with Crippen molar-refractivity contribution in [1.82, 2.24) is 5.32 Å². The van der Waals surface area contributed by atoms with Crippen molar-refractivity contribution in [2.45, 2.75) is 40.2 Å². The van der Waals surface area contributed by atoms with Gasteiger partial charge in [0.15, 0.2) is 0 Å². The van der Waals surface area contributed by atoms with Crippen LogP contribution in [0.15, 0.2) is 18.2 Å². The van der Waals surface area contributed by atoms with Crippen LogP contribution in [0, 0.1) is 12.3 Å². The van der Waals surface area contributed by atoms with Crippen LogP contribution in [0.1, 0.15) is 32.8 Å². The van der Waals surface area contributed by atoms with E-state index in [1.54, 1.807) is 14.0 Å². The summed E-state index contributed by atoms with van der Waals surface area (Å²) < 4.78 is 5.22. The fourth-order valence-electron chi connectivity index (χ4n) is 2.28. The van der Waals surface area contributed by atoms with Gasteiger partial charge in [-0.2, -0.15) is 0 Å². The van der Waals surface area contributed by atoms with Gasteiger partial charge < -0.3 is 20.5 Å². The van der Waals surface area contributed by atoms with Gasteiger partial charge in [-0.3, -0.25) is 0 Å². The normalized spacial score (nSPS) is 12.7. The summed E-state index contributed by atoms with van der Waals surface area (Å²) >= 11 is 0. The summed E-state index contributed by atoms with van der Waals surface area (Å²) in [6.07, 6.45) is 0.239. The molecular formula is C16H26N2O3. The zero-order valence-electron chi connectivity index (χ0n) is 13.5. The van der Waals surface area contributed by atoms with Crippen molar-refractivity contribution in [3.8, 4) is 5.75 Å². The number of carbonyl (C=O) groups is 1. The molecule has 0 heterocycles. The van der Waals surface area contributed by atoms with Crippen molar-refractivity contribution in [1.29, 1.82) is 0 Å². The first-order valence-electron chi connectivity index (χ1n) is 7.11. The Bertz CT molecular complexity index is 484. The summed E-state index contributed by atoms with van der Waals surface area (Å²) in [5.41, 5.74) is 1.52. The Morgan fingerprint density at radius 2 is 2.10 bits per heavy atom. The van der Waals surface area contributed by atoms with Crippen molar-refractivity contribution in [3.63, 3.8) is 0 Å². The van der Waals surface area contributed by atoms with Crippen LogP contribution in [0.5, 0.6) is 5.75 Å². The monoisotopic (exact) mass is 294 g/mol. The van der Waals surface area contributed by atoms with Gasteiger partial charge in [-0.15, -0.1) is 0 Å². The third-order valence-corrected chi connectivity index (χ3v) is 3.18. The van der Waals surface area contributed by atoms with E-state index in [0.29, 0.717) is 24.4 Å². The van der Waals surface area contributed by atoms with Crippen molar-refractivity contribution in [2.24, 2.45) is 5.41 Å². The number of urea groups is 1. The van der Waals surface area contributed by atoms with Crippen molar-refractivity contribution < 1.29 is 14.6 Å². The molecule has 1 atom stereocenters. The second-order valence-corrected chi connectivity index (χ2v) is 6.23. The summed E-state index contributed by atoms with van der Waals surface area (Å²) in [6.45, 7) is 8.20. The number of amides is 2. The second kappa shape index (κ2) is 7.31. The zero-order valence-corrected chi connectivity index (χ0v) is 13.5. The molecule has 0 radical (unpaired) electrons.